The predicted octanol–water partition coefficient (Wildman–Crippen LogP) is 3.47. The Morgan fingerprint density at radius 2 is 1.67 bits per heavy atom. The lowest BCUT2D eigenvalue weighted by atomic mass is 10.0. The van der Waals surface area contributed by atoms with Crippen LogP contribution < -0.4 is 4.74 Å². The molecule has 0 aliphatic carbocycles. The van der Waals surface area contributed by atoms with Crippen molar-refractivity contribution in [3.63, 3.8) is 0 Å². The first kappa shape index (κ1) is 13.0. The first-order valence-corrected chi connectivity index (χ1v) is 6.37. The number of hydrogen-bond acceptors (Lipinski definition) is 4. The van der Waals surface area contributed by atoms with Crippen LogP contribution in [0.5, 0.6) is 17.2 Å². The lowest BCUT2D eigenvalue weighted by Crippen LogP contribution is -2.09. The standard InChI is InChI=1S/C17H12O4/c18-12-8-9-15(19)16(10-12)21-17(20)14-7-3-5-11-4-1-2-6-13(11)14/h1-10,18-19H. The smallest absolute Gasteiger partial charge is 0.344 e. The van der Waals surface area contributed by atoms with Gasteiger partial charge in [0.05, 0.1) is 5.56 Å². The Balaban J connectivity index is 1.99. The van der Waals surface area contributed by atoms with Crippen molar-refractivity contribution in [2.45, 2.75) is 0 Å². The maximum Gasteiger partial charge on any atom is 0.344 e. The maximum atomic E-state index is 12.3. The minimum absolute atomic E-state index is 0.0760. The summed E-state index contributed by atoms with van der Waals surface area (Å²) in [6.45, 7) is 0. The Hall–Kier alpha value is -3.01. The zero-order chi connectivity index (χ0) is 14.8. The predicted molar refractivity (Wildman–Crippen MR) is 78.7 cm³/mol. The van der Waals surface area contributed by atoms with E-state index in [4.69, 9.17) is 4.74 Å². The minimum Gasteiger partial charge on any atom is -0.508 e. The summed E-state index contributed by atoms with van der Waals surface area (Å²) in [6, 6.07) is 16.5. The Bertz CT molecular complexity index is 819. The van der Waals surface area contributed by atoms with Gasteiger partial charge in [0.25, 0.3) is 0 Å². The highest BCUT2D eigenvalue weighted by Crippen LogP contribution is 2.31. The molecule has 0 bridgehead atoms. The fourth-order valence-corrected chi connectivity index (χ4v) is 2.14. The van der Waals surface area contributed by atoms with Gasteiger partial charge in [-0.2, -0.15) is 0 Å². The third-order valence-electron chi connectivity index (χ3n) is 3.16. The highest BCUT2D eigenvalue weighted by atomic mass is 16.5. The van der Waals surface area contributed by atoms with Gasteiger partial charge in [-0.05, 0) is 29.0 Å². The maximum absolute atomic E-state index is 12.3. The van der Waals surface area contributed by atoms with E-state index >= 15 is 0 Å². The number of aromatic hydroxyl groups is 2. The molecular weight excluding hydrogens is 268 g/mol. The van der Waals surface area contributed by atoms with E-state index in [9.17, 15) is 15.0 Å². The van der Waals surface area contributed by atoms with Crippen LogP contribution in [-0.2, 0) is 0 Å². The van der Waals surface area contributed by atoms with Crippen molar-refractivity contribution in [3.8, 4) is 17.2 Å². The molecule has 4 nitrogen and oxygen atoms in total. The van der Waals surface area contributed by atoms with E-state index in [1.54, 1.807) is 12.1 Å². The largest absolute Gasteiger partial charge is 0.508 e. The van der Waals surface area contributed by atoms with Crippen molar-refractivity contribution >= 4 is 16.7 Å². The summed E-state index contributed by atoms with van der Waals surface area (Å²) in [5.74, 6) is -0.962. The average molecular weight is 280 g/mol. The molecule has 3 rings (SSSR count). The van der Waals surface area contributed by atoms with E-state index < -0.39 is 5.97 Å². The number of phenolic OH excluding ortho intramolecular Hbond substituents is 2. The summed E-state index contributed by atoms with van der Waals surface area (Å²) in [6.07, 6.45) is 0. The average Bonchev–Trinajstić information content (AvgIpc) is 2.50. The second kappa shape index (κ2) is 5.17. The number of hydrogen-bond donors (Lipinski definition) is 2. The third-order valence-corrected chi connectivity index (χ3v) is 3.16. The van der Waals surface area contributed by atoms with Crippen LogP contribution in [0.15, 0.2) is 60.7 Å². The van der Waals surface area contributed by atoms with Gasteiger partial charge in [-0.3, -0.25) is 0 Å². The van der Waals surface area contributed by atoms with Crippen molar-refractivity contribution in [3.05, 3.63) is 66.2 Å². The van der Waals surface area contributed by atoms with Gasteiger partial charge < -0.3 is 14.9 Å². The molecule has 0 aliphatic rings. The van der Waals surface area contributed by atoms with Gasteiger partial charge in [-0.1, -0.05) is 36.4 Å². The van der Waals surface area contributed by atoms with Crippen LogP contribution in [0.3, 0.4) is 0 Å². The normalized spacial score (nSPS) is 10.5. The summed E-state index contributed by atoms with van der Waals surface area (Å²) in [5.41, 5.74) is 0.399. The topological polar surface area (TPSA) is 66.8 Å². The summed E-state index contributed by atoms with van der Waals surface area (Å²) in [7, 11) is 0. The van der Waals surface area contributed by atoms with E-state index in [1.807, 2.05) is 30.3 Å². The fourth-order valence-electron chi connectivity index (χ4n) is 2.14. The van der Waals surface area contributed by atoms with Crippen molar-refractivity contribution in [1.82, 2.24) is 0 Å². The molecule has 0 saturated carbocycles. The lowest BCUT2D eigenvalue weighted by Gasteiger charge is -2.08. The summed E-state index contributed by atoms with van der Waals surface area (Å²) in [4.78, 5) is 12.3. The molecule has 0 saturated heterocycles. The van der Waals surface area contributed by atoms with Gasteiger partial charge in [0.1, 0.15) is 5.75 Å². The molecule has 0 radical (unpaired) electrons. The summed E-state index contributed by atoms with van der Waals surface area (Å²) in [5, 5.41) is 20.7. The number of phenols is 2. The number of carbonyl (C=O) groups is 1. The summed E-state index contributed by atoms with van der Waals surface area (Å²) >= 11 is 0. The molecule has 104 valence electrons. The number of fused-ring (bicyclic) bond motifs is 1. The van der Waals surface area contributed by atoms with Crippen molar-refractivity contribution in [2.75, 3.05) is 0 Å². The second-order valence-corrected chi connectivity index (χ2v) is 4.57. The molecule has 0 aliphatic heterocycles. The highest BCUT2D eigenvalue weighted by molar-refractivity contribution is 6.05. The van der Waals surface area contributed by atoms with Gasteiger partial charge in [0.2, 0.25) is 0 Å². The lowest BCUT2D eigenvalue weighted by molar-refractivity contribution is 0.0731. The van der Waals surface area contributed by atoms with Gasteiger partial charge in [0.15, 0.2) is 11.5 Å². The van der Waals surface area contributed by atoms with Crippen molar-refractivity contribution in [1.29, 1.82) is 0 Å². The zero-order valence-electron chi connectivity index (χ0n) is 11.0. The SMILES string of the molecule is O=C(Oc1cc(O)ccc1O)c1cccc2ccccc12. The quantitative estimate of drug-likeness (QED) is 0.428. The minimum atomic E-state index is -0.590. The molecule has 2 N–H and O–H groups in total. The first-order chi connectivity index (χ1) is 10.1. The second-order valence-electron chi connectivity index (χ2n) is 4.57. The fraction of sp³-hybridized carbons (Fsp3) is 0. The van der Waals surface area contributed by atoms with Gasteiger partial charge in [-0.25, -0.2) is 4.79 Å². The van der Waals surface area contributed by atoms with Gasteiger partial charge >= 0.3 is 5.97 Å². The number of esters is 1. The van der Waals surface area contributed by atoms with Crippen LogP contribution in [-0.4, -0.2) is 16.2 Å². The van der Waals surface area contributed by atoms with Crippen LogP contribution in [0.4, 0.5) is 0 Å². The molecule has 0 spiro atoms. The van der Waals surface area contributed by atoms with Crippen molar-refractivity contribution < 1.29 is 19.7 Å². The molecule has 0 fully saturated rings. The Labute approximate surface area is 120 Å². The molecule has 0 aromatic heterocycles. The zero-order valence-corrected chi connectivity index (χ0v) is 11.0. The monoisotopic (exact) mass is 280 g/mol. The number of carbonyl (C=O) groups excluding carboxylic acids is 1. The summed E-state index contributed by atoms with van der Waals surface area (Å²) < 4.78 is 5.17. The molecule has 0 unspecified atom stereocenters. The van der Waals surface area contributed by atoms with E-state index in [1.165, 1.54) is 18.2 Å². The Morgan fingerprint density at radius 3 is 2.52 bits per heavy atom. The van der Waals surface area contributed by atoms with Gasteiger partial charge in [-0.15, -0.1) is 0 Å². The van der Waals surface area contributed by atoms with Crippen LogP contribution in [0.2, 0.25) is 0 Å². The van der Waals surface area contributed by atoms with Crippen LogP contribution in [0.1, 0.15) is 10.4 Å². The number of ether oxygens (including phenoxy) is 1. The van der Waals surface area contributed by atoms with E-state index in [0.29, 0.717) is 5.56 Å². The highest BCUT2D eigenvalue weighted by Gasteiger charge is 2.14. The molecule has 21 heavy (non-hydrogen) atoms. The molecule has 0 amide bonds. The molecule has 4 heteroatoms. The Kier molecular flexibility index (Phi) is 3.20. The molecule has 0 heterocycles. The molecule has 0 atom stereocenters. The van der Waals surface area contributed by atoms with E-state index in [0.717, 1.165) is 10.8 Å². The van der Waals surface area contributed by atoms with Gasteiger partial charge in [0, 0.05) is 6.07 Å². The van der Waals surface area contributed by atoms with E-state index in [-0.39, 0.29) is 17.2 Å². The van der Waals surface area contributed by atoms with Crippen LogP contribution in [0, 0.1) is 0 Å². The Morgan fingerprint density at radius 1 is 0.905 bits per heavy atom. The van der Waals surface area contributed by atoms with E-state index in [2.05, 4.69) is 0 Å². The van der Waals surface area contributed by atoms with Crippen LogP contribution in [0.25, 0.3) is 10.8 Å². The van der Waals surface area contributed by atoms with Crippen LogP contribution >= 0.6 is 0 Å². The van der Waals surface area contributed by atoms with Crippen molar-refractivity contribution in [2.24, 2.45) is 0 Å². The number of benzene rings is 3. The first-order valence-electron chi connectivity index (χ1n) is 6.37. The number of rotatable bonds is 2. The molecular formula is C17H12O4. The molecule has 3 aromatic carbocycles. The molecule has 3 aromatic rings. The third kappa shape index (κ3) is 2.51.